The van der Waals surface area contributed by atoms with Gasteiger partial charge in [-0.25, -0.2) is 0 Å². The molecule has 2 rings (SSSR count). The molecule has 1 heterocycles. The lowest BCUT2D eigenvalue weighted by Crippen LogP contribution is -2.34. The molecule has 2 aromatic rings. The van der Waals surface area contributed by atoms with Crippen molar-refractivity contribution in [3.8, 4) is 0 Å². The lowest BCUT2D eigenvalue weighted by molar-refractivity contribution is 0.0943. The number of likely N-dealkylation sites (N-methyl/N-ethyl adjacent to an activating group) is 1. The average molecular weight is 322 g/mol. The Kier molecular flexibility index (Phi) is 5.05. The highest BCUT2D eigenvalue weighted by molar-refractivity contribution is 6.30. The number of nitrogens with two attached hydrogens (primary N) is 1. The van der Waals surface area contributed by atoms with Gasteiger partial charge < -0.3 is 16.0 Å². The van der Waals surface area contributed by atoms with Crippen molar-refractivity contribution in [2.45, 2.75) is 6.04 Å². The molecule has 1 amide bonds. The van der Waals surface area contributed by atoms with Crippen LogP contribution in [0.4, 0.5) is 5.82 Å². The third-order valence-electron chi connectivity index (χ3n) is 3.56. The summed E-state index contributed by atoms with van der Waals surface area (Å²) in [7, 11) is 5.62. The molecule has 118 valence electrons. The number of halogens is 1. The summed E-state index contributed by atoms with van der Waals surface area (Å²) in [5.41, 5.74) is 7.27. The summed E-state index contributed by atoms with van der Waals surface area (Å²) in [5.74, 6) is 0.122. The van der Waals surface area contributed by atoms with Crippen molar-refractivity contribution in [3.05, 3.63) is 46.6 Å². The first-order chi connectivity index (χ1) is 10.4. The minimum atomic E-state index is -0.230. The van der Waals surface area contributed by atoms with Crippen LogP contribution in [0.15, 0.2) is 30.5 Å². The highest BCUT2D eigenvalue weighted by atomic mass is 35.5. The molecule has 0 aliphatic carbocycles. The summed E-state index contributed by atoms with van der Waals surface area (Å²) in [6.07, 6.45) is 1.47. The highest BCUT2D eigenvalue weighted by Crippen LogP contribution is 2.20. The van der Waals surface area contributed by atoms with Gasteiger partial charge in [0.05, 0.1) is 12.2 Å². The molecule has 7 heteroatoms. The molecule has 0 aliphatic rings. The molecular formula is C15H20ClN5O. The van der Waals surface area contributed by atoms with Gasteiger partial charge in [-0.1, -0.05) is 23.7 Å². The van der Waals surface area contributed by atoms with Crippen LogP contribution < -0.4 is 11.1 Å². The van der Waals surface area contributed by atoms with Gasteiger partial charge in [-0.3, -0.25) is 9.48 Å². The molecule has 3 N–H and O–H groups in total. The third kappa shape index (κ3) is 3.58. The molecule has 1 unspecified atom stereocenters. The zero-order chi connectivity index (χ0) is 16.3. The molecule has 1 aromatic heterocycles. The summed E-state index contributed by atoms with van der Waals surface area (Å²) in [6.45, 7) is 0.460. The standard InChI is InChI=1S/C15H20ClN5O/c1-20(2)13(10-4-6-11(16)7-5-10)9-18-15(22)12-8-19-21(3)14(12)17/h4-8,13H,9,17H2,1-3H3,(H,18,22). The van der Waals surface area contributed by atoms with E-state index < -0.39 is 0 Å². The third-order valence-corrected chi connectivity index (χ3v) is 3.82. The van der Waals surface area contributed by atoms with Crippen LogP contribution in [0.2, 0.25) is 5.02 Å². The van der Waals surface area contributed by atoms with E-state index in [0.29, 0.717) is 22.9 Å². The van der Waals surface area contributed by atoms with Crippen LogP contribution in [0.3, 0.4) is 0 Å². The number of carbonyl (C=O) groups is 1. The number of nitrogens with zero attached hydrogens (tertiary/aromatic N) is 3. The van der Waals surface area contributed by atoms with E-state index in [9.17, 15) is 4.79 Å². The number of hydrogen-bond donors (Lipinski definition) is 2. The number of aryl methyl sites for hydroxylation is 1. The second-order valence-electron chi connectivity index (χ2n) is 5.31. The molecule has 0 saturated heterocycles. The molecule has 0 fully saturated rings. The number of hydrogen-bond acceptors (Lipinski definition) is 4. The zero-order valence-electron chi connectivity index (χ0n) is 12.9. The Hall–Kier alpha value is -2.05. The van der Waals surface area contributed by atoms with Gasteiger partial charge in [0.15, 0.2) is 0 Å². The number of carbonyl (C=O) groups excluding carboxylic acids is 1. The van der Waals surface area contributed by atoms with E-state index in [1.807, 2.05) is 43.3 Å². The summed E-state index contributed by atoms with van der Waals surface area (Å²) in [5, 5.41) is 7.56. The molecule has 0 spiro atoms. The zero-order valence-corrected chi connectivity index (χ0v) is 13.6. The summed E-state index contributed by atoms with van der Waals surface area (Å²) < 4.78 is 1.47. The smallest absolute Gasteiger partial charge is 0.256 e. The van der Waals surface area contributed by atoms with Gasteiger partial charge >= 0.3 is 0 Å². The molecule has 1 aromatic carbocycles. The maximum atomic E-state index is 12.2. The fourth-order valence-electron chi connectivity index (χ4n) is 2.19. The van der Waals surface area contributed by atoms with E-state index in [1.165, 1.54) is 10.9 Å². The van der Waals surface area contributed by atoms with Crippen molar-refractivity contribution in [1.29, 1.82) is 0 Å². The van der Waals surface area contributed by atoms with Crippen LogP contribution in [0.25, 0.3) is 0 Å². The lowest BCUT2D eigenvalue weighted by Gasteiger charge is -2.25. The first-order valence-corrected chi connectivity index (χ1v) is 7.25. The number of nitrogens with one attached hydrogen (secondary N) is 1. The maximum Gasteiger partial charge on any atom is 0.256 e. The van der Waals surface area contributed by atoms with E-state index in [2.05, 4.69) is 10.4 Å². The minimum Gasteiger partial charge on any atom is -0.383 e. The molecular weight excluding hydrogens is 302 g/mol. The largest absolute Gasteiger partial charge is 0.383 e. The predicted octanol–water partition coefficient (Wildman–Crippen LogP) is 1.69. The molecule has 0 saturated carbocycles. The summed E-state index contributed by atoms with van der Waals surface area (Å²) in [6, 6.07) is 7.64. The number of aromatic nitrogens is 2. The second-order valence-corrected chi connectivity index (χ2v) is 5.74. The van der Waals surface area contributed by atoms with Gasteiger partial charge in [-0.05, 0) is 31.8 Å². The van der Waals surface area contributed by atoms with Crippen molar-refractivity contribution in [2.24, 2.45) is 7.05 Å². The van der Waals surface area contributed by atoms with E-state index in [1.54, 1.807) is 7.05 Å². The van der Waals surface area contributed by atoms with Crippen LogP contribution in [0.1, 0.15) is 22.0 Å². The summed E-state index contributed by atoms with van der Waals surface area (Å²) >= 11 is 5.92. The summed E-state index contributed by atoms with van der Waals surface area (Å²) in [4.78, 5) is 14.2. The van der Waals surface area contributed by atoms with Gasteiger partial charge in [-0.15, -0.1) is 0 Å². The first kappa shape index (κ1) is 16.3. The van der Waals surface area contributed by atoms with Gasteiger partial charge in [0.25, 0.3) is 5.91 Å². The van der Waals surface area contributed by atoms with Crippen LogP contribution in [-0.2, 0) is 7.05 Å². The fourth-order valence-corrected chi connectivity index (χ4v) is 2.32. The monoisotopic (exact) mass is 321 g/mol. The molecule has 0 radical (unpaired) electrons. The molecule has 22 heavy (non-hydrogen) atoms. The number of anilines is 1. The fraction of sp³-hybridized carbons (Fsp3) is 0.333. The van der Waals surface area contributed by atoms with E-state index in [0.717, 1.165) is 5.56 Å². The lowest BCUT2D eigenvalue weighted by atomic mass is 10.1. The van der Waals surface area contributed by atoms with Crippen molar-refractivity contribution in [1.82, 2.24) is 20.0 Å². The quantitative estimate of drug-likeness (QED) is 0.878. The first-order valence-electron chi connectivity index (χ1n) is 6.87. The van der Waals surface area contributed by atoms with E-state index in [4.69, 9.17) is 17.3 Å². The van der Waals surface area contributed by atoms with Gasteiger partial charge in [0.1, 0.15) is 11.4 Å². The van der Waals surface area contributed by atoms with Crippen LogP contribution >= 0.6 is 11.6 Å². The maximum absolute atomic E-state index is 12.2. The Morgan fingerprint density at radius 1 is 1.41 bits per heavy atom. The molecule has 1 atom stereocenters. The van der Waals surface area contributed by atoms with Crippen LogP contribution in [0.5, 0.6) is 0 Å². The Bertz CT molecular complexity index is 650. The number of amides is 1. The van der Waals surface area contributed by atoms with Gasteiger partial charge in [0, 0.05) is 18.6 Å². The van der Waals surface area contributed by atoms with E-state index in [-0.39, 0.29) is 11.9 Å². The topological polar surface area (TPSA) is 76.2 Å². The highest BCUT2D eigenvalue weighted by Gasteiger charge is 2.18. The number of nitrogen functional groups attached to an aromatic ring is 1. The number of benzene rings is 1. The Balaban J connectivity index is 2.08. The number of rotatable bonds is 5. The van der Waals surface area contributed by atoms with Crippen molar-refractivity contribution >= 4 is 23.3 Å². The minimum absolute atomic E-state index is 0.0408. The van der Waals surface area contributed by atoms with Crippen molar-refractivity contribution in [2.75, 3.05) is 26.4 Å². The SMILES string of the molecule is CN(C)C(CNC(=O)c1cnn(C)c1N)c1ccc(Cl)cc1. The van der Waals surface area contributed by atoms with Gasteiger partial charge in [0.2, 0.25) is 0 Å². The van der Waals surface area contributed by atoms with Gasteiger partial charge in [-0.2, -0.15) is 5.10 Å². The van der Waals surface area contributed by atoms with E-state index >= 15 is 0 Å². The van der Waals surface area contributed by atoms with Crippen molar-refractivity contribution in [3.63, 3.8) is 0 Å². The average Bonchev–Trinajstić information content (AvgIpc) is 2.80. The van der Waals surface area contributed by atoms with Crippen LogP contribution in [-0.4, -0.2) is 41.2 Å². The Morgan fingerprint density at radius 3 is 2.55 bits per heavy atom. The van der Waals surface area contributed by atoms with Crippen LogP contribution in [0, 0.1) is 0 Å². The Labute approximate surface area is 134 Å². The van der Waals surface area contributed by atoms with Crippen molar-refractivity contribution < 1.29 is 4.79 Å². The second kappa shape index (κ2) is 6.81. The normalized spacial score (nSPS) is 12.4. The predicted molar refractivity (Wildman–Crippen MR) is 87.8 cm³/mol. The Morgan fingerprint density at radius 2 is 2.05 bits per heavy atom. The molecule has 0 aliphatic heterocycles. The molecule has 0 bridgehead atoms. The molecule has 6 nitrogen and oxygen atoms in total.